The predicted octanol–water partition coefficient (Wildman–Crippen LogP) is 4.82. The van der Waals surface area contributed by atoms with Crippen molar-refractivity contribution >= 4 is 0 Å². The second kappa shape index (κ2) is 8.18. The Labute approximate surface area is 158 Å². The molecule has 0 N–H and O–H groups in total. The number of hydrogen-bond acceptors (Lipinski definition) is 4. The van der Waals surface area contributed by atoms with Gasteiger partial charge in [0.2, 0.25) is 0 Å². The van der Waals surface area contributed by atoms with Gasteiger partial charge in [0.05, 0.1) is 13.2 Å². The number of nitrogens with zero attached hydrogens (tertiary/aromatic N) is 1. The molecule has 4 nitrogen and oxygen atoms in total. The van der Waals surface area contributed by atoms with Gasteiger partial charge in [0.15, 0.2) is 11.5 Å². The summed E-state index contributed by atoms with van der Waals surface area (Å²) in [6.45, 7) is 8.93. The molecule has 146 valence electrons. The van der Waals surface area contributed by atoms with Crippen LogP contribution in [0, 0.1) is 5.41 Å². The third-order valence-electron chi connectivity index (χ3n) is 6.67. The van der Waals surface area contributed by atoms with E-state index in [9.17, 15) is 0 Å². The molecule has 2 aliphatic rings. The minimum Gasteiger partial charge on any atom is -0.493 e. The molecule has 2 fully saturated rings. The van der Waals surface area contributed by atoms with E-state index in [4.69, 9.17) is 14.2 Å². The lowest BCUT2D eigenvalue weighted by Gasteiger charge is -2.30. The Morgan fingerprint density at radius 3 is 2.54 bits per heavy atom. The van der Waals surface area contributed by atoms with Gasteiger partial charge in [-0.25, -0.2) is 0 Å². The van der Waals surface area contributed by atoms with Gasteiger partial charge in [-0.15, -0.1) is 0 Å². The smallest absolute Gasteiger partial charge is 0.161 e. The summed E-state index contributed by atoms with van der Waals surface area (Å²) in [5.41, 5.74) is 1.60. The summed E-state index contributed by atoms with van der Waals surface area (Å²) >= 11 is 0. The van der Waals surface area contributed by atoms with Crippen molar-refractivity contribution in [1.29, 1.82) is 0 Å². The van der Waals surface area contributed by atoms with Crippen molar-refractivity contribution in [3.8, 4) is 11.5 Å². The third-order valence-corrected chi connectivity index (χ3v) is 6.67. The molecule has 26 heavy (non-hydrogen) atoms. The summed E-state index contributed by atoms with van der Waals surface area (Å²) in [6, 6.07) is 6.54. The first kappa shape index (κ1) is 19.5. The van der Waals surface area contributed by atoms with Gasteiger partial charge >= 0.3 is 0 Å². The molecular formula is C22H35NO3. The van der Waals surface area contributed by atoms with Gasteiger partial charge in [-0.3, -0.25) is 4.90 Å². The van der Waals surface area contributed by atoms with Crippen molar-refractivity contribution in [1.82, 2.24) is 4.90 Å². The average Bonchev–Trinajstić information content (AvgIpc) is 3.29. The number of likely N-dealkylation sites (tertiary alicyclic amines) is 1. The van der Waals surface area contributed by atoms with Gasteiger partial charge in [-0.2, -0.15) is 0 Å². The highest BCUT2D eigenvalue weighted by Crippen LogP contribution is 2.47. The SMILES string of the molecule is CC[C@]1(C)CN(C(C)OC)C[C@H]1c1ccc(OC)c(OC2CCCC2)c1. The molecule has 1 aliphatic carbocycles. The van der Waals surface area contributed by atoms with E-state index in [1.807, 2.05) is 0 Å². The molecule has 0 amide bonds. The maximum absolute atomic E-state index is 6.33. The standard InChI is InChI=1S/C22H35NO3/c1-6-22(3)15-23(16(2)24-4)14-19(22)17-11-12-20(25-5)21(13-17)26-18-9-7-8-10-18/h11-13,16,18-19H,6-10,14-15H2,1-5H3/t16?,19-,22+/m0/s1. The first-order chi connectivity index (χ1) is 12.5. The molecule has 1 unspecified atom stereocenters. The second-order valence-corrected chi connectivity index (χ2v) is 8.26. The Morgan fingerprint density at radius 1 is 1.19 bits per heavy atom. The van der Waals surface area contributed by atoms with E-state index in [0.29, 0.717) is 12.0 Å². The lowest BCUT2D eigenvalue weighted by molar-refractivity contribution is -0.0108. The Kier molecular flexibility index (Phi) is 6.13. The van der Waals surface area contributed by atoms with Crippen LogP contribution in [-0.2, 0) is 4.74 Å². The van der Waals surface area contributed by atoms with Crippen molar-refractivity contribution in [2.75, 3.05) is 27.3 Å². The van der Waals surface area contributed by atoms with Crippen LogP contribution in [0.1, 0.15) is 64.4 Å². The second-order valence-electron chi connectivity index (χ2n) is 8.26. The maximum atomic E-state index is 6.33. The van der Waals surface area contributed by atoms with Crippen LogP contribution in [0.3, 0.4) is 0 Å². The van der Waals surface area contributed by atoms with Crippen molar-refractivity contribution in [3.05, 3.63) is 23.8 Å². The zero-order valence-electron chi connectivity index (χ0n) is 17.1. The zero-order chi connectivity index (χ0) is 18.7. The monoisotopic (exact) mass is 361 g/mol. The average molecular weight is 362 g/mol. The summed E-state index contributed by atoms with van der Waals surface area (Å²) in [4.78, 5) is 2.45. The quantitative estimate of drug-likeness (QED) is 0.696. The lowest BCUT2D eigenvalue weighted by atomic mass is 9.74. The van der Waals surface area contributed by atoms with Crippen LogP contribution >= 0.6 is 0 Å². The lowest BCUT2D eigenvalue weighted by Crippen LogP contribution is -2.33. The van der Waals surface area contributed by atoms with E-state index in [0.717, 1.165) is 43.9 Å². The molecule has 1 saturated heterocycles. The van der Waals surface area contributed by atoms with Crippen LogP contribution in [0.2, 0.25) is 0 Å². The molecule has 4 heteroatoms. The minimum atomic E-state index is 0.151. The van der Waals surface area contributed by atoms with Gasteiger partial charge in [-0.05, 0) is 62.1 Å². The number of hydrogen-bond donors (Lipinski definition) is 0. The molecule has 3 rings (SSSR count). The Bertz CT molecular complexity index is 599. The first-order valence-corrected chi connectivity index (χ1v) is 10.1. The van der Waals surface area contributed by atoms with Crippen LogP contribution in [-0.4, -0.2) is 44.5 Å². The van der Waals surface area contributed by atoms with Crippen LogP contribution in [0.25, 0.3) is 0 Å². The van der Waals surface area contributed by atoms with E-state index >= 15 is 0 Å². The Morgan fingerprint density at radius 2 is 1.92 bits per heavy atom. The van der Waals surface area contributed by atoms with Crippen LogP contribution < -0.4 is 9.47 Å². The maximum Gasteiger partial charge on any atom is 0.161 e. The van der Waals surface area contributed by atoms with Crippen molar-refractivity contribution < 1.29 is 14.2 Å². The Balaban J connectivity index is 1.86. The van der Waals surface area contributed by atoms with Gasteiger partial charge in [0, 0.05) is 26.1 Å². The number of benzene rings is 1. The first-order valence-electron chi connectivity index (χ1n) is 10.1. The molecule has 1 aliphatic heterocycles. The molecule has 0 spiro atoms. The molecule has 0 bridgehead atoms. The highest BCUT2D eigenvalue weighted by Gasteiger charge is 2.44. The summed E-state index contributed by atoms with van der Waals surface area (Å²) in [6.07, 6.45) is 6.49. The highest BCUT2D eigenvalue weighted by atomic mass is 16.5. The Hall–Kier alpha value is -1.26. The summed E-state index contributed by atoms with van der Waals surface area (Å²) in [5, 5.41) is 0. The largest absolute Gasteiger partial charge is 0.493 e. The third kappa shape index (κ3) is 3.86. The minimum absolute atomic E-state index is 0.151. The van der Waals surface area contributed by atoms with Crippen LogP contribution in [0.15, 0.2) is 18.2 Å². The van der Waals surface area contributed by atoms with Gasteiger partial charge in [0.25, 0.3) is 0 Å². The van der Waals surface area contributed by atoms with Crippen molar-refractivity contribution in [2.24, 2.45) is 5.41 Å². The van der Waals surface area contributed by atoms with E-state index in [2.05, 4.69) is 43.9 Å². The predicted molar refractivity (Wildman–Crippen MR) is 105 cm³/mol. The summed E-state index contributed by atoms with van der Waals surface area (Å²) in [5.74, 6) is 2.23. The van der Waals surface area contributed by atoms with Gasteiger partial charge < -0.3 is 14.2 Å². The number of methoxy groups -OCH3 is 2. The van der Waals surface area contributed by atoms with E-state index < -0.39 is 0 Å². The highest BCUT2D eigenvalue weighted by molar-refractivity contribution is 5.45. The van der Waals surface area contributed by atoms with Gasteiger partial charge in [-0.1, -0.05) is 19.9 Å². The van der Waals surface area contributed by atoms with E-state index in [1.54, 1.807) is 14.2 Å². The fourth-order valence-corrected chi connectivity index (χ4v) is 4.57. The van der Waals surface area contributed by atoms with Gasteiger partial charge in [0.1, 0.15) is 6.23 Å². The summed E-state index contributed by atoms with van der Waals surface area (Å²) in [7, 11) is 3.52. The normalized spacial score (nSPS) is 28.4. The van der Waals surface area contributed by atoms with E-state index in [-0.39, 0.29) is 11.6 Å². The fourth-order valence-electron chi connectivity index (χ4n) is 4.57. The van der Waals surface area contributed by atoms with E-state index in [1.165, 1.54) is 18.4 Å². The molecule has 1 aromatic carbocycles. The molecule has 1 heterocycles. The zero-order valence-corrected chi connectivity index (χ0v) is 17.1. The molecule has 1 aromatic rings. The molecule has 1 saturated carbocycles. The fraction of sp³-hybridized carbons (Fsp3) is 0.727. The molecular weight excluding hydrogens is 326 g/mol. The number of ether oxygens (including phenoxy) is 3. The number of rotatable bonds is 7. The molecule has 3 atom stereocenters. The van der Waals surface area contributed by atoms with Crippen LogP contribution in [0.4, 0.5) is 0 Å². The summed E-state index contributed by atoms with van der Waals surface area (Å²) < 4.78 is 17.5. The molecule has 0 aromatic heterocycles. The topological polar surface area (TPSA) is 30.9 Å². The van der Waals surface area contributed by atoms with Crippen LogP contribution in [0.5, 0.6) is 11.5 Å². The van der Waals surface area contributed by atoms with Crippen molar-refractivity contribution in [2.45, 2.75) is 71.1 Å². The van der Waals surface area contributed by atoms with Crippen molar-refractivity contribution in [3.63, 3.8) is 0 Å². The molecule has 0 radical (unpaired) electrons.